The minimum atomic E-state index is -0.00512. The number of hydrogen-bond donors (Lipinski definition) is 0. The lowest BCUT2D eigenvalue weighted by Crippen LogP contribution is -2.50. The van der Waals surface area contributed by atoms with E-state index in [1.54, 1.807) is 5.57 Å². The Morgan fingerprint density at radius 3 is 2.10 bits per heavy atom. The van der Waals surface area contributed by atoms with Gasteiger partial charge in [-0.1, -0.05) is 134 Å². The van der Waals surface area contributed by atoms with E-state index in [-0.39, 0.29) is 34.3 Å². The van der Waals surface area contributed by atoms with Crippen LogP contribution in [0.5, 0.6) is 0 Å². The molecular weight excluding hydrogens is 591 g/mol. The van der Waals surface area contributed by atoms with E-state index in [1.807, 2.05) is 0 Å². The molecule has 0 saturated heterocycles. The summed E-state index contributed by atoms with van der Waals surface area (Å²) >= 11 is 0. The molecule has 3 heteroatoms. The second-order valence-corrected chi connectivity index (χ2v) is 18.0. The maximum absolute atomic E-state index is 2.70. The molecular formula is C46H46BN2+. The van der Waals surface area contributed by atoms with Gasteiger partial charge in [0.05, 0.1) is 0 Å². The molecule has 2 nitrogen and oxygen atoms in total. The summed E-state index contributed by atoms with van der Waals surface area (Å²) in [5, 5.41) is 1.34. The standard InChI is InChI=1S/C46H46BN2/c1-27-41(28-16-12-10-13-17-28)49-38-23-29-22-32-33(44(4,5)26-43(32,2)3)25-37(29)48(38)36-21-20-31-39-34(46(8,9)45(31,6)7)24-35(42(49)40(36)39)47(27)30-18-14-11-15-19-30/h10-25,40H,26H2,1-9H3/q+1. The van der Waals surface area contributed by atoms with Crippen LogP contribution in [-0.4, -0.2) is 21.6 Å². The molecule has 0 fully saturated rings. The van der Waals surface area contributed by atoms with Gasteiger partial charge >= 0.3 is 0 Å². The fourth-order valence-corrected chi connectivity index (χ4v) is 11.2. The van der Waals surface area contributed by atoms with Crippen LogP contribution < -0.4 is 5.46 Å². The van der Waals surface area contributed by atoms with E-state index in [9.17, 15) is 0 Å². The van der Waals surface area contributed by atoms with E-state index in [2.05, 4.69) is 169 Å². The van der Waals surface area contributed by atoms with Crippen LogP contribution in [0.1, 0.15) is 85.4 Å². The number of benzene rings is 3. The number of aromatic nitrogens is 1. The highest BCUT2D eigenvalue weighted by Crippen LogP contribution is 2.66. The van der Waals surface area contributed by atoms with Crippen LogP contribution in [0.15, 0.2) is 125 Å². The molecule has 1 aromatic heterocycles. The summed E-state index contributed by atoms with van der Waals surface area (Å²) in [6.45, 7) is 22.2. The van der Waals surface area contributed by atoms with Gasteiger partial charge in [0.25, 0.3) is 5.82 Å². The molecule has 10 rings (SSSR count). The lowest BCUT2D eigenvalue weighted by atomic mass is 9.32. The van der Waals surface area contributed by atoms with Crippen LogP contribution in [0.3, 0.4) is 0 Å². The zero-order chi connectivity index (χ0) is 34.0. The summed E-state index contributed by atoms with van der Waals surface area (Å²) in [5.74, 6) is 1.43. The van der Waals surface area contributed by atoms with Crippen LogP contribution in [0, 0.1) is 16.7 Å². The van der Waals surface area contributed by atoms with Crippen molar-refractivity contribution in [2.75, 3.05) is 0 Å². The molecule has 49 heavy (non-hydrogen) atoms. The Kier molecular flexibility index (Phi) is 5.45. The quantitative estimate of drug-likeness (QED) is 0.153. The molecule has 4 aliphatic carbocycles. The summed E-state index contributed by atoms with van der Waals surface area (Å²) in [6, 6.07) is 30.1. The van der Waals surface area contributed by atoms with Gasteiger partial charge in [-0.05, 0) is 92.0 Å². The van der Waals surface area contributed by atoms with Gasteiger partial charge in [0.15, 0.2) is 0 Å². The van der Waals surface area contributed by atoms with Crippen molar-refractivity contribution in [3.63, 3.8) is 0 Å². The highest BCUT2D eigenvalue weighted by Gasteiger charge is 2.60. The summed E-state index contributed by atoms with van der Waals surface area (Å²) in [4.78, 5) is 0. The molecule has 0 N–H and O–H groups in total. The minimum absolute atomic E-state index is 0.00512. The average Bonchev–Trinajstić information content (AvgIpc) is 3.58. The Labute approximate surface area is 292 Å². The summed E-state index contributed by atoms with van der Waals surface area (Å²) in [6.07, 6.45) is 8.79. The van der Waals surface area contributed by atoms with Gasteiger partial charge in [0.2, 0.25) is 6.71 Å². The molecule has 242 valence electrons. The molecule has 6 aliphatic rings. The van der Waals surface area contributed by atoms with Crippen molar-refractivity contribution in [3.05, 3.63) is 141 Å². The van der Waals surface area contributed by atoms with E-state index >= 15 is 0 Å². The Balaban J connectivity index is 1.38. The molecule has 0 saturated carbocycles. The van der Waals surface area contributed by atoms with Crippen LogP contribution in [0.2, 0.25) is 0 Å². The van der Waals surface area contributed by atoms with Gasteiger partial charge in [0.1, 0.15) is 28.5 Å². The maximum Gasteiger partial charge on any atom is 0.292 e. The first kappa shape index (κ1) is 29.5. The average molecular weight is 638 g/mol. The maximum atomic E-state index is 2.70. The van der Waals surface area contributed by atoms with E-state index in [1.165, 1.54) is 84.5 Å². The zero-order valence-corrected chi connectivity index (χ0v) is 30.5. The molecule has 1 atom stereocenters. The van der Waals surface area contributed by atoms with Crippen molar-refractivity contribution in [1.29, 1.82) is 0 Å². The molecule has 0 spiro atoms. The summed E-state index contributed by atoms with van der Waals surface area (Å²) in [7, 11) is 0. The third-order valence-corrected chi connectivity index (χ3v) is 13.9. The van der Waals surface area contributed by atoms with Crippen LogP contribution in [-0.2, 0) is 10.8 Å². The van der Waals surface area contributed by atoms with Gasteiger partial charge in [-0.2, -0.15) is 9.14 Å². The molecule has 4 aromatic rings. The third kappa shape index (κ3) is 3.47. The Bertz CT molecular complexity index is 2400. The Morgan fingerprint density at radius 2 is 1.41 bits per heavy atom. The topological polar surface area (TPSA) is 7.94 Å². The van der Waals surface area contributed by atoms with Gasteiger partial charge in [-0.15, -0.1) is 0 Å². The molecule has 0 radical (unpaired) electrons. The van der Waals surface area contributed by atoms with Crippen molar-refractivity contribution < 1.29 is 4.58 Å². The van der Waals surface area contributed by atoms with Crippen LogP contribution >= 0.6 is 0 Å². The molecule has 0 amide bonds. The Morgan fingerprint density at radius 1 is 0.755 bits per heavy atom. The van der Waals surface area contributed by atoms with Gasteiger partial charge in [-0.25, -0.2) is 0 Å². The van der Waals surface area contributed by atoms with Crippen molar-refractivity contribution in [1.82, 2.24) is 4.57 Å². The first-order chi connectivity index (χ1) is 23.2. The second-order valence-electron chi connectivity index (χ2n) is 18.0. The van der Waals surface area contributed by atoms with E-state index in [0.717, 1.165) is 0 Å². The van der Waals surface area contributed by atoms with E-state index in [4.69, 9.17) is 0 Å². The number of rotatable bonds is 2. The summed E-state index contributed by atoms with van der Waals surface area (Å²) < 4.78 is 5.35. The van der Waals surface area contributed by atoms with Gasteiger partial charge in [0, 0.05) is 17.0 Å². The highest BCUT2D eigenvalue weighted by molar-refractivity contribution is 6.90. The molecule has 1 unspecified atom stereocenters. The molecule has 3 heterocycles. The SMILES string of the molecule is CC1=C(c2ccccc2)[N+]2=C3C(=CC4=C5C(=CC=C(C53)n3c2cc2cc5c(cc23)C(C)(C)CC5(C)C)C(C)(C)C4(C)C)B1c1ccccc1. The minimum Gasteiger partial charge on any atom is -0.196 e. The summed E-state index contributed by atoms with van der Waals surface area (Å²) in [5.41, 5.74) is 18.9. The van der Waals surface area contributed by atoms with E-state index < -0.39 is 0 Å². The normalized spacial score (nSPS) is 24.5. The van der Waals surface area contributed by atoms with Gasteiger partial charge in [-0.3, -0.25) is 0 Å². The van der Waals surface area contributed by atoms with Crippen LogP contribution in [0.25, 0.3) is 22.3 Å². The molecule has 3 aromatic carbocycles. The third-order valence-electron chi connectivity index (χ3n) is 13.9. The van der Waals surface area contributed by atoms with Crippen molar-refractivity contribution >= 4 is 46.0 Å². The lowest BCUT2D eigenvalue weighted by molar-refractivity contribution is -0.344. The van der Waals surface area contributed by atoms with Crippen molar-refractivity contribution in [3.8, 4) is 0 Å². The smallest absolute Gasteiger partial charge is 0.196 e. The van der Waals surface area contributed by atoms with Crippen LogP contribution in [0.4, 0.5) is 5.82 Å². The highest BCUT2D eigenvalue weighted by atomic mass is 15.2. The fraction of sp³-hybridized carbons (Fsp3) is 0.326. The van der Waals surface area contributed by atoms with Gasteiger partial charge < -0.3 is 0 Å². The second kappa shape index (κ2) is 9.05. The number of nitrogens with zero attached hydrogens (tertiary/aromatic N) is 2. The number of hydrogen-bond acceptors (Lipinski definition) is 0. The van der Waals surface area contributed by atoms with Crippen molar-refractivity contribution in [2.24, 2.45) is 16.7 Å². The predicted molar refractivity (Wildman–Crippen MR) is 207 cm³/mol. The number of fused-ring (bicyclic) bond motifs is 6. The van der Waals surface area contributed by atoms with E-state index in [0.29, 0.717) is 0 Å². The van der Waals surface area contributed by atoms with Crippen molar-refractivity contribution in [2.45, 2.75) is 79.6 Å². The first-order valence-electron chi connectivity index (χ1n) is 18.3. The largest absolute Gasteiger partial charge is 0.292 e. The predicted octanol–water partition coefficient (Wildman–Crippen LogP) is 10.3. The Hall–Kier alpha value is -4.37. The zero-order valence-electron chi connectivity index (χ0n) is 30.5. The lowest BCUT2D eigenvalue weighted by Gasteiger charge is -2.40. The monoisotopic (exact) mass is 637 g/mol. The molecule has 2 aliphatic heterocycles. The fourth-order valence-electron chi connectivity index (χ4n) is 11.2. The first-order valence-corrected chi connectivity index (χ1v) is 18.3. The molecule has 0 bridgehead atoms. The number of allylic oxidation sites excluding steroid dienone is 9.